The number of carbonyl (C=O) groups is 1. The zero-order chi connectivity index (χ0) is 19.8. The van der Waals surface area contributed by atoms with Crippen molar-refractivity contribution in [3.05, 3.63) is 58.4 Å². The summed E-state index contributed by atoms with van der Waals surface area (Å²) in [6.07, 6.45) is -1.23. The summed E-state index contributed by atoms with van der Waals surface area (Å²) in [6.45, 7) is -0.406. The Balaban J connectivity index is 2.11. The lowest BCUT2D eigenvalue weighted by Gasteiger charge is -2.34. The Morgan fingerprint density at radius 2 is 2.04 bits per heavy atom. The van der Waals surface area contributed by atoms with Crippen LogP contribution < -0.4 is 9.04 Å². The molecule has 0 saturated heterocycles. The number of rotatable bonds is 4. The van der Waals surface area contributed by atoms with E-state index < -0.39 is 50.0 Å². The maximum absolute atomic E-state index is 13.6. The van der Waals surface area contributed by atoms with Crippen LogP contribution in [0.3, 0.4) is 0 Å². The Hall–Kier alpha value is -3.21. The van der Waals surface area contributed by atoms with E-state index in [1.807, 2.05) is 0 Å². The van der Waals surface area contributed by atoms with Gasteiger partial charge in [-0.15, -0.1) is 0 Å². The molecule has 2 aromatic carbocycles. The highest BCUT2D eigenvalue weighted by Gasteiger charge is 2.38. The van der Waals surface area contributed by atoms with E-state index in [1.165, 1.54) is 12.1 Å². The number of halogens is 1. The van der Waals surface area contributed by atoms with Gasteiger partial charge in [-0.25, -0.2) is 13.2 Å². The molecule has 1 heterocycles. The van der Waals surface area contributed by atoms with Gasteiger partial charge in [0.25, 0.3) is 10.0 Å². The summed E-state index contributed by atoms with van der Waals surface area (Å²) in [5.74, 6) is -1.82. The molecule has 0 N–H and O–H groups in total. The minimum absolute atomic E-state index is 0.124. The first-order valence-corrected chi connectivity index (χ1v) is 9.00. The summed E-state index contributed by atoms with van der Waals surface area (Å²) >= 11 is 0. The smallest absolute Gasteiger partial charge is 0.348 e. The van der Waals surface area contributed by atoms with Crippen LogP contribution >= 0.6 is 0 Å². The number of sulfonamides is 1. The van der Waals surface area contributed by atoms with Gasteiger partial charge in [0.1, 0.15) is 5.75 Å². The van der Waals surface area contributed by atoms with E-state index in [2.05, 4.69) is 4.74 Å². The number of carbonyl (C=O) groups excluding carboxylic acids is 1. The third-order valence-corrected chi connectivity index (χ3v) is 5.68. The molecule has 142 valence electrons. The molecule has 3 rings (SSSR count). The van der Waals surface area contributed by atoms with Crippen LogP contribution in [-0.2, 0) is 19.6 Å². The summed E-state index contributed by atoms with van der Waals surface area (Å²) in [4.78, 5) is 21.3. The van der Waals surface area contributed by atoms with Crippen molar-refractivity contribution in [2.45, 2.75) is 11.0 Å². The van der Waals surface area contributed by atoms with Crippen LogP contribution in [-0.4, -0.2) is 39.1 Å². The van der Waals surface area contributed by atoms with E-state index in [4.69, 9.17) is 4.74 Å². The van der Waals surface area contributed by atoms with Crippen LogP contribution in [0.2, 0.25) is 0 Å². The quantitative estimate of drug-likeness (QED) is 0.440. The highest BCUT2D eigenvalue weighted by Crippen LogP contribution is 2.37. The van der Waals surface area contributed by atoms with Crippen molar-refractivity contribution in [1.29, 1.82) is 0 Å². The maximum Gasteiger partial charge on any atom is 0.348 e. The van der Waals surface area contributed by atoms with E-state index in [0.717, 1.165) is 17.5 Å². The van der Waals surface area contributed by atoms with E-state index in [9.17, 15) is 27.7 Å². The highest BCUT2D eigenvalue weighted by molar-refractivity contribution is 7.92. The number of anilines is 1. The Morgan fingerprint density at radius 3 is 2.70 bits per heavy atom. The normalized spacial score (nSPS) is 16.2. The fourth-order valence-electron chi connectivity index (χ4n) is 2.60. The van der Waals surface area contributed by atoms with Gasteiger partial charge < -0.3 is 9.47 Å². The number of nitro benzene ring substituents is 1. The van der Waals surface area contributed by atoms with Crippen LogP contribution in [0.5, 0.6) is 5.75 Å². The van der Waals surface area contributed by atoms with Gasteiger partial charge in [-0.05, 0) is 24.3 Å². The minimum Gasteiger partial charge on any atom is -0.475 e. The molecule has 0 amide bonds. The summed E-state index contributed by atoms with van der Waals surface area (Å²) < 4.78 is 50.7. The van der Waals surface area contributed by atoms with Crippen molar-refractivity contribution >= 4 is 27.4 Å². The van der Waals surface area contributed by atoms with E-state index >= 15 is 0 Å². The van der Waals surface area contributed by atoms with Crippen molar-refractivity contribution < 1.29 is 32.0 Å². The van der Waals surface area contributed by atoms with E-state index in [1.54, 1.807) is 12.1 Å². The number of ether oxygens (including phenoxy) is 2. The lowest BCUT2D eigenvalue weighted by Crippen LogP contribution is -2.47. The van der Waals surface area contributed by atoms with Gasteiger partial charge in [-0.3, -0.25) is 14.4 Å². The standard InChI is InChI=1S/C16H13FN2O7S/c1-25-16(20)15-9-18(12-4-2-3-5-14(12)26-15)27(23,24)10-6-7-11(17)13(8-10)19(21)22/h2-8,15H,9H2,1H3/t15-/m0/s1. The SMILES string of the molecule is COC(=O)[C@@H]1CN(S(=O)(=O)c2ccc(F)c([N+](=O)[O-])c2)c2ccccc2O1. The Kier molecular flexibility index (Phi) is 4.70. The average Bonchev–Trinajstić information content (AvgIpc) is 2.66. The van der Waals surface area contributed by atoms with Crippen molar-refractivity contribution in [3.63, 3.8) is 0 Å². The summed E-state index contributed by atoms with van der Waals surface area (Å²) in [6, 6.07) is 8.34. The van der Waals surface area contributed by atoms with Gasteiger partial charge >= 0.3 is 11.7 Å². The number of benzene rings is 2. The molecule has 1 aliphatic rings. The van der Waals surface area contributed by atoms with Gasteiger partial charge in [-0.1, -0.05) is 12.1 Å². The molecule has 0 saturated carbocycles. The fraction of sp³-hybridized carbons (Fsp3) is 0.188. The monoisotopic (exact) mass is 396 g/mol. The molecule has 27 heavy (non-hydrogen) atoms. The first-order chi connectivity index (χ1) is 12.8. The van der Waals surface area contributed by atoms with E-state index in [0.29, 0.717) is 12.1 Å². The van der Waals surface area contributed by atoms with Crippen LogP contribution in [0.4, 0.5) is 15.8 Å². The number of hydrogen-bond acceptors (Lipinski definition) is 7. The van der Waals surface area contributed by atoms with Crippen molar-refractivity contribution in [1.82, 2.24) is 0 Å². The number of nitrogens with zero attached hydrogens (tertiary/aromatic N) is 2. The molecule has 11 heteroatoms. The summed E-state index contributed by atoms with van der Waals surface area (Å²) in [7, 11) is -3.22. The molecule has 0 spiro atoms. The molecular formula is C16H13FN2O7S. The first-order valence-electron chi connectivity index (χ1n) is 7.56. The van der Waals surface area contributed by atoms with Crippen LogP contribution in [0.15, 0.2) is 47.4 Å². The predicted molar refractivity (Wildman–Crippen MR) is 90.5 cm³/mol. The van der Waals surface area contributed by atoms with Crippen LogP contribution in [0.25, 0.3) is 0 Å². The van der Waals surface area contributed by atoms with E-state index in [-0.39, 0.29) is 11.4 Å². The number of nitro groups is 1. The molecule has 0 bridgehead atoms. The first kappa shape index (κ1) is 18.6. The molecule has 0 radical (unpaired) electrons. The second-order valence-electron chi connectivity index (χ2n) is 5.50. The van der Waals surface area contributed by atoms with Crippen LogP contribution in [0, 0.1) is 15.9 Å². The molecule has 1 atom stereocenters. The third-order valence-electron chi connectivity index (χ3n) is 3.90. The zero-order valence-corrected chi connectivity index (χ0v) is 14.7. The van der Waals surface area contributed by atoms with Gasteiger partial charge in [0.15, 0.2) is 0 Å². The Morgan fingerprint density at radius 1 is 1.33 bits per heavy atom. The molecule has 0 aliphatic carbocycles. The fourth-order valence-corrected chi connectivity index (χ4v) is 4.10. The molecule has 9 nitrogen and oxygen atoms in total. The maximum atomic E-state index is 13.6. The average molecular weight is 396 g/mol. The second kappa shape index (κ2) is 6.83. The molecule has 0 fully saturated rings. The number of esters is 1. The highest BCUT2D eigenvalue weighted by atomic mass is 32.2. The minimum atomic E-state index is -4.35. The van der Waals surface area contributed by atoms with Gasteiger partial charge in [0, 0.05) is 6.07 Å². The molecule has 1 aliphatic heterocycles. The Labute approximate surface area is 153 Å². The van der Waals surface area contributed by atoms with Crippen LogP contribution in [0.1, 0.15) is 0 Å². The van der Waals surface area contributed by atoms with Gasteiger partial charge in [-0.2, -0.15) is 4.39 Å². The molecule has 0 unspecified atom stereocenters. The second-order valence-corrected chi connectivity index (χ2v) is 7.37. The zero-order valence-electron chi connectivity index (χ0n) is 13.9. The molecule has 2 aromatic rings. The number of para-hydroxylation sites is 2. The number of fused-ring (bicyclic) bond motifs is 1. The predicted octanol–water partition coefficient (Wildman–Crippen LogP) is 1.86. The van der Waals surface area contributed by atoms with Gasteiger partial charge in [0.05, 0.1) is 29.2 Å². The third kappa shape index (κ3) is 3.28. The summed E-state index contributed by atoms with van der Waals surface area (Å²) in [5.41, 5.74) is -0.827. The van der Waals surface area contributed by atoms with Crippen molar-refractivity contribution in [3.8, 4) is 5.75 Å². The topological polar surface area (TPSA) is 116 Å². The van der Waals surface area contributed by atoms with Crippen molar-refractivity contribution in [2.75, 3.05) is 18.0 Å². The van der Waals surface area contributed by atoms with Gasteiger partial charge in [0.2, 0.25) is 11.9 Å². The molecule has 0 aromatic heterocycles. The number of hydrogen-bond donors (Lipinski definition) is 0. The lowest BCUT2D eigenvalue weighted by atomic mass is 10.2. The lowest BCUT2D eigenvalue weighted by molar-refractivity contribution is -0.387. The number of methoxy groups -OCH3 is 1. The Bertz CT molecular complexity index is 1030. The summed E-state index contributed by atoms with van der Waals surface area (Å²) in [5, 5.41) is 10.9. The largest absolute Gasteiger partial charge is 0.475 e. The van der Waals surface area contributed by atoms with Crippen molar-refractivity contribution in [2.24, 2.45) is 0 Å². The molecular weight excluding hydrogens is 383 g/mol.